The molecule has 1 aromatic rings. The smallest absolute Gasteiger partial charge is 0.191 e. The molecule has 1 aromatic carbocycles. The highest BCUT2D eigenvalue weighted by Gasteiger charge is 2.21. The minimum atomic E-state index is -0.455. The first-order chi connectivity index (χ1) is 14.5. The van der Waals surface area contributed by atoms with Crippen molar-refractivity contribution in [2.75, 3.05) is 45.8 Å². The van der Waals surface area contributed by atoms with Gasteiger partial charge in [0.15, 0.2) is 5.96 Å². The highest BCUT2D eigenvalue weighted by molar-refractivity contribution is 5.80. The van der Waals surface area contributed by atoms with Crippen LogP contribution in [0.1, 0.15) is 37.8 Å². The molecule has 3 rings (SSSR count). The maximum Gasteiger partial charge on any atom is 0.191 e. The van der Waals surface area contributed by atoms with E-state index in [2.05, 4.69) is 70.1 Å². The Morgan fingerprint density at radius 3 is 2.63 bits per heavy atom. The molecule has 0 aliphatic carbocycles. The minimum Gasteiger partial charge on any atom is -0.390 e. The van der Waals surface area contributed by atoms with Gasteiger partial charge in [0.2, 0.25) is 0 Å². The molecule has 3 N–H and O–H groups in total. The van der Waals surface area contributed by atoms with E-state index in [9.17, 15) is 5.11 Å². The molecule has 2 aliphatic heterocycles. The Hall–Kier alpha value is -1.89. The summed E-state index contributed by atoms with van der Waals surface area (Å²) in [5.74, 6) is 0.818. The molecule has 0 amide bonds. The van der Waals surface area contributed by atoms with E-state index >= 15 is 0 Å². The Labute approximate surface area is 182 Å². The number of hydrogen-bond acceptors (Lipinski definition) is 4. The summed E-state index contributed by atoms with van der Waals surface area (Å²) in [6.45, 7) is 15.2. The van der Waals surface area contributed by atoms with Gasteiger partial charge >= 0.3 is 0 Å². The van der Waals surface area contributed by atoms with Crippen LogP contribution in [0.4, 0.5) is 0 Å². The number of rotatable bonds is 8. The number of guanidine groups is 1. The minimum absolute atomic E-state index is 0.419. The summed E-state index contributed by atoms with van der Waals surface area (Å²) in [6, 6.07) is 9.05. The Bertz CT molecular complexity index is 711. The van der Waals surface area contributed by atoms with Crippen molar-refractivity contribution in [3.05, 3.63) is 47.5 Å². The number of piperidine rings is 1. The second kappa shape index (κ2) is 11.5. The third-order valence-corrected chi connectivity index (χ3v) is 5.90. The average molecular weight is 414 g/mol. The van der Waals surface area contributed by atoms with Crippen LogP contribution in [0.25, 0.3) is 0 Å². The maximum atomic E-state index is 10.6. The third-order valence-electron chi connectivity index (χ3n) is 5.90. The first-order valence-corrected chi connectivity index (χ1v) is 11.4. The van der Waals surface area contributed by atoms with E-state index in [1.807, 2.05) is 0 Å². The van der Waals surface area contributed by atoms with Crippen LogP contribution < -0.4 is 10.6 Å². The molecule has 1 atom stereocenters. The van der Waals surface area contributed by atoms with Gasteiger partial charge in [-0.3, -0.25) is 14.8 Å². The molecule has 166 valence electrons. The number of aliphatic hydroxyl groups is 1. The fourth-order valence-corrected chi connectivity index (χ4v) is 4.39. The van der Waals surface area contributed by atoms with Gasteiger partial charge in [0.25, 0.3) is 0 Å². The van der Waals surface area contributed by atoms with Crippen LogP contribution in [-0.2, 0) is 13.0 Å². The summed E-state index contributed by atoms with van der Waals surface area (Å²) < 4.78 is 0. The Morgan fingerprint density at radius 2 is 1.93 bits per heavy atom. The first kappa shape index (κ1) is 22.8. The highest BCUT2D eigenvalue weighted by atomic mass is 16.3. The third kappa shape index (κ3) is 7.11. The molecule has 0 aromatic heterocycles. The van der Waals surface area contributed by atoms with Crippen molar-refractivity contribution < 1.29 is 5.11 Å². The van der Waals surface area contributed by atoms with Crippen molar-refractivity contribution in [3.8, 4) is 0 Å². The van der Waals surface area contributed by atoms with Gasteiger partial charge in [-0.1, -0.05) is 36.4 Å². The number of nitrogens with zero attached hydrogens (tertiary/aromatic N) is 3. The lowest BCUT2D eigenvalue weighted by Crippen LogP contribution is -2.49. The van der Waals surface area contributed by atoms with Gasteiger partial charge in [-0.15, -0.1) is 0 Å². The monoisotopic (exact) mass is 413 g/mol. The van der Waals surface area contributed by atoms with E-state index in [0.717, 1.165) is 64.5 Å². The number of β-amino-alcohol motifs (C(OH)–C–C–N with tert-alkyl or cyclic N) is 1. The van der Waals surface area contributed by atoms with Crippen LogP contribution in [-0.4, -0.2) is 78.8 Å². The summed E-state index contributed by atoms with van der Waals surface area (Å²) >= 11 is 0. The van der Waals surface area contributed by atoms with E-state index in [4.69, 9.17) is 0 Å². The molecule has 2 aliphatic rings. The Balaban J connectivity index is 1.44. The largest absolute Gasteiger partial charge is 0.390 e. The number of aliphatic imine (C=N–C) groups is 1. The molecule has 1 saturated heterocycles. The summed E-state index contributed by atoms with van der Waals surface area (Å²) in [7, 11) is 0. The molecule has 0 bridgehead atoms. The molecule has 30 heavy (non-hydrogen) atoms. The zero-order valence-corrected chi connectivity index (χ0v) is 18.7. The molecule has 6 nitrogen and oxygen atoms in total. The first-order valence-electron chi connectivity index (χ1n) is 11.4. The van der Waals surface area contributed by atoms with Crippen molar-refractivity contribution >= 4 is 5.96 Å². The van der Waals surface area contributed by atoms with Gasteiger partial charge in [-0.2, -0.15) is 0 Å². The molecule has 0 spiro atoms. The predicted octanol–water partition coefficient (Wildman–Crippen LogP) is 2.00. The van der Waals surface area contributed by atoms with Crippen molar-refractivity contribution in [2.24, 2.45) is 4.99 Å². The van der Waals surface area contributed by atoms with Gasteiger partial charge in [-0.25, -0.2) is 0 Å². The van der Waals surface area contributed by atoms with Crippen molar-refractivity contribution in [1.82, 2.24) is 20.4 Å². The van der Waals surface area contributed by atoms with Crippen LogP contribution in [0.15, 0.2) is 41.4 Å². The zero-order valence-electron chi connectivity index (χ0n) is 18.7. The lowest BCUT2D eigenvalue weighted by molar-refractivity contribution is 0.111. The van der Waals surface area contributed by atoms with E-state index < -0.39 is 6.10 Å². The molecule has 1 fully saturated rings. The van der Waals surface area contributed by atoms with Gasteiger partial charge in [-0.05, 0) is 44.2 Å². The van der Waals surface area contributed by atoms with E-state index in [0.29, 0.717) is 19.1 Å². The summed E-state index contributed by atoms with van der Waals surface area (Å²) in [5, 5.41) is 17.5. The lowest BCUT2D eigenvalue weighted by Gasteiger charge is -2.33. The number of hydrogen-bond donors (Lipinski definition) is 3. The highest BCUT2D eigenvalue weighted by Crippen LogP contribution is 2.18. The predicted molar refractivity (Wildman–Crippen MR) is 125 cm³/mol. The Morgan fingerprint density at radius 1 is 1.20 bits per heavy atom. The summed E-state index contributed by atoms with van der Waals surface area (Å²) in [5.41, 5.74) is 4.05. The lowest BCUT2D eigenvalue weighted by atomic mass is 10.00. The Kier molecular flexibility index (Phi) is 8.73. The molecular weight excluding hydrogens is 374 g/mol. The molecule has 2 heterocycles. The fourth-order valence-electron chi connectivity index (χ4n) is 4.39. The van der Waals surface area contributed by atoms with E-state index in [1.54, 1.807) is 0 Å². The molecule has 0 saturated carbocycles. The normalized spacial score (nSPS) is 19.9. The summed E-state index contributed by atoms with van der Waals surface area (Å²) in [4.78, 5) is 9.47. The standard InChI is InChI=1S/C24H39N5O/c1-4-25-24(27-22-10-13-28(14-11-22)16-19(2)3)26-15-23(30)18-29-12-9-20-7-5-6-8-21(20)17-29/h5-8,22-23,30H,2,4,9-18H2,1,3H3,(H2,25,26,27). The van der Waals surface area contributed by atoms with Crippen LogP contribution in [0.3, 0.4) is 0 Å². The topological polar surface area (TPSA) is 63.1 Å². The number of fused-ring (bicyclic) bond motifs is 1. The summed E-state index contributed by atoms with van der Waals surface area (Å²) in [6.07, 6.45) is 2.81. The fraction of sp³-hybridized carbons (Fsp3) is 0.625. The van der Waals surface area contributed by atoms with Gasteiger partial charge in [0, 0.05) is 51.9 Å². The van der Waals surface area contributed by atoms with Crippen molar-refractivity contribution in [1.29, 1.82) is 0 Å². The molecule has 1 unspecified atom stereocenters. The second-order valence-electron chi connectivity index (χ2n) is 8.78. The molecular formula is C24H39N5O. The van der Waals surface area contributed by atoms with Crippen molar-refractivity contribution in [3.63, 3.8) is 0 Å². The van der Waals surface area contributed by atoms with E-state index in [1.165, 1.54) is 16.7 Å². The zero-order chi connectivity index (χ0) is 21.3. The number of nitrogens with one attached hydrogen (secondary N) is 2. The van der Waals surface area contributed by atoms with Crippen LogP contribution >= 0.6 is 0 Å². The van der Waals surface area contributed by atoms with Crippen LogP contribution in [0.2, 0.25) is 0 Å². The van der Waals surface area contributed by atoms with Crippen molar-refractivity contribution in [2.45, 2.75) is 51.8 Å². The maximum absolute atomic E-state index is 10.6. The quantitative estimate of drug-likeness (QED) is 0.346. The number of benzene rings is 1. The van der Waals surface area contributed by atoms with Gasteiger partial charge in [0.1, 0.15) is 0 Å². The number of aliphatic hydroxyl groups excluding tert-OH is 1. The number of likely N-dealkylation sites (tertiary alicyclic amines) is 1. The van der Waals surface area contributed by atoms with Crippen LogP contribution in [0, 0.1) is 0 Å². The SMILES string of the molecule is C=C(C)CN1CCC(NC(=NCC(O)CN2CCc3ccccc3C2)NCC)CC1. The van der Waals surface area contributed by atoms with Gasteiger partial charge in [0.05, 0.1) is 12.6 Å². The molecule has 6 heteroatoms. The molecule has 0 radical (unpaired) electrons. The second-order valence-corrected chi connectivity index (χ2v) is 8.78. The van der Waals surface area contributed by atoms with E-state index in [-0.39, 0.29) is 0 Å². The average Bonchev–Trinajstić information content (AvgIpc) is 2.73. The van der Waals surface area contributed by atoms with Gasteiger partial charge < -0.3 is 15.7 Å². The van der Waals surface area contributed by atoms with Crippen LogP contribution in [0.5, 0.6) is 0 Å².